The number of rotatable bonds is 4. The van der Waals surface area contributed by atoms with E-state index in [1.165, 1.54) is 4.90 Å². The van der Waals surface area contributed by atoms with Gasteiger partial charge in [0.2, 0.25) is 11.8 Å². The Labute approximate surface area is 173 Å². The van der Waals surface area contributed by atoms with Crippen LogP contribution in [0, 0.1) is 19.8 Å². The summed E-state index contributed by atoms with van der Waals surface area (Å²) < 4.78 is 0. The average Bonchev–Trinajstić information content (AvgIpc) is 3.25. The maximum absolute atomic E-state index is 12.8. The Hall–Kier alpha value is -2.57. The standard InChI is InChI=1S/C22H32N4O3/c1-16-7-6-8-19(17(16)2)23-20(27)15-24(3)21(28)18-9-13-26(14-10-18)22(29)25-11-4-5-12-25/h6-8,18H,4-5,9-15H2,1-3H3,(H,23,27). The van der Waals surface area contributed by atoms with Crippen molar-refractivity contribution in [3.63, 3.8) is 0 Å². The maximum Gasteiger partial charge on any atom is 0.319 e. The Bertz CT molecular complexity index is 765. The predicted molar refractivity (Wildman–Crippen MR) is 113 cm³/mol. The summed E-state index contributed by atoms with van der Waals surface area (Å²) in [6.07, 6.45) is 3.47. The van der Waals surface area contributed by atoms with Gasteiger partial charge in [-0.3, -0.25) is 9.59 Å². The van der Waals surface area contributed by atoms with Gasteiger partial charge in [0.05, 0.1) is 6.54 Å². The second-order valence-corrected chi connectivity index (χ2v) is 8.23. The van der Waals surface area contributed by atoms with Gasteiger partial charge in [-0.1, -0.05) is 12.1 Å². The van der Waals surface area contributed by atoms with Crippen LogP contribution in [0.5, 0.6) is 0 Å². The molecule has 3 rings (SSSR count). The molecular formula is C22H32N4O3. The lowest BCUT2D eigenvalue weighted by Crippen LogP contribution is -2.48. The van der Waals surface area contributed by atoms with E-state index in [9.17, 15) is 14.4 Å². The van der Waals surface area contributed by atoms with Gasteiger partial charge >= 0.3 is 6.03 Å². The quantitative estimate of drug-likeness (QED) is 0.844. The SMILES string of the molecule is Cc1cccc(NC(=O)CN(C)C(=O)C2CCN(C(=O)N3CCCC3)CC2)c1C. The second kappa shape index (κ2) is 9.29. The third-order valence-electron chi connectivity index (χ3n) is 6.13. The Morgan fingerprint density at radius 2 is 1.66 bits per heavy atom. The molecule has 0 atom stereocenters. The molecule has 0 bridgehead atoms. The van der Waals surface area contributed by atoms with Crippen LogP contribution in [0.2, 0.25) is 0 Å². The molecule has 0 saturated carbocycles. The number of nitrogens with zero attached hydrogens (tertiary/aromatic N) is 3. The fourth-order valence-corrected chi connectivity index (χ4v) is 4.11. The first-order chi connectivity index (χ1) is 13.9. The van der Waals surface area contributed by atoms with Gasteiger partial charge in [0.15, 0.2) is 0 Å². The van der Waals surface area contributed by atoms with Crippen LogP contribution in [-0.2, 0) is 9.59 Å². The number of carbonyl (C=O) groups is 3. The summed E-state index contributed by atoms with van der Waals surface area (Å²) in [6, 6.07) is 5.88. The predicted octanol–water partition coefficient (Wildman–Crippen LogP) is 2.63. The Balaban J connectivity index is 1.47. The van der Waals surface area contributed by atoms with E-state index in [0.29, 0.717) is 25.9 Å². The molecule has 0 aliphatic carbocycles. The second-order valence-electron chi connectivity index (χ2n) is 8.23. The summed E-state index contributed by atoms with van der Waals surface area (Å²) >= 11 is 0. The number of piperidine rings is 1. The number of nitrogens with one attached hydrogen (secondary N) is 1. The van der Waals surface area contributed by atoms with Crippen LogP contribution in [0.3, 0.4) is 0 Å². The molecule has 158 valence electrons. The molecule has 0 unspecified atom stereocenters. The van der Waals surface area contributed by atoms with Gasteiger partial charge in [-0.05, 0) is 56.7 Å². The van der Waals surface area contributed by atoms with E-state index in [0.717, 1.165) is 42.7 Å². The van der Waals surface area contributed by atoms with Crippen molar-refractivity contribution in [1.29, 1.82) is 0 Å². The van der Waals surface area contributed by atoms with Crippen molar-refractivity contribution < 1.29 is 14.4 Å². The molecule has 0 spiro atoms. The van der Waals surface area contributed by atoms with Crippen LogP contribution in [0.25, 0.3) is 0 Å². The highest BCUT2D eigenvalue weighted by Crippen LogP contribution is 2.22. The highest BCUT2D eigenvalue weighted by atomic mass is 16.2. The molecular weight excluding hydrogens is 368 g/mol. The highest BCUT2D eigenvalue weighted by Gasteiger charge is 2.32. The van der Waals surface area contributed by atoms with Crippen LogP contribution in [0.15, 0.2) is 18.2 Å². The number of aryl methyl sites for hydroxylation is 1. The third kappa shape index (κ3) is 5.08. The minimum atomic E-state index is -0.198. The number of benzene rings is 1. The molecule has 2 aliphatic heterocycles. The van der Waals surface area contributed by atoms with Crippen molar-refractivity contribution in [2.75, 3.05) is 45.1 Å². The van der Waals surface area contributed by atoms with Gasteiger partial charge in [-0.15, -0.1) is 0 Å². The number of amides is 4. The molecule has 0 aromatic heterocycles. The summed E-state index contributed by atoms with van der Waals surface area (Å²) in [5.74, 6) is -0.346. The zero-order valence-corrected chi connectivity index (χ0v) is 17.7. The van der Waals surface area contributed by atoms with E-state index in [-0.39, 0.29) is 30.3 Å². The minimum Gasteiger partial charge on any atom is -0.336 e. The zero-order chi connectivity index (χ0) is 21.0. The number of anilines is 1. The number of likely N-dealkylation sites (N-methyl/N-ethyl adjacent to an activating group) is 1. The monoisotopic (exact) mass is 400 g/mol. The molecule has 7 nitrogen and oxygen atoms in total. The van der Waals surface area contributed by atoms with Gasteiger partial charge in [-0.2, -0.15) is 0 Å². The number of carbonyl (C=O) groups excluding carboxylic acids is 3. The van der Waals surface area contributed by atoms with E-state index in [1.807, 2.05) is 41.8 Å². The third-order valence-corrected chi connectivity index (χ3v) is 6.13. The molecule has 2 aliphatic rings. The fraction of sp³-hybridized carbons (Fsp3) is 0.591. The molecule has 2 fully saturated rings. The normalized spacial score (nSPS) is 17.3. The zero-order valence-electron chi connectivity index (χ0n) is 17.7. The summed E-state index contributed by atoms with van der Waals surface area (Å²) in [7, 11) is 1.67. The topological polar surface area (TPSA) is 73.0 Å². The van der Waals surface area contributed by atoms with E-state index < -0.39 is 0 Å². The van der Waals surface area contributed by atoms with E-state index in [1.54, 1.807) is 7.05 Å². The highest BCUT2D eigenvalue weighted by molar-refractivity contribution is 5.95. The summed E-state index contributed by atoms with van der Waals surface area (Å²) in [5, 5.41) is 2.90. The largest absolute Gasteiger partial charge is 0.336 e. The number of urea groups is 1. The van der Waals surface area contributed by atoms with Crippen molar-refractivity contribution in [2.24, 2.45) is 5.92 Å². The lowest BCUT2D eigenvalue weighted by molar-refractivity contribution is -0.138. The molecule has 0 radical (unpaired) electrons. The minimum absolute atomic E-state index is 0.0191. The van der Waals surface area contributed by atoms with E-state index in [2.05, 4.69) is 5.32 Å². The maximum atomic E-state index is 12.8. The average molecular weight is 401 g/mol. The van der Waals surface area contributed by atoms with E-state index in [4.69, 9.17) is 0 Å². The first-order valence-electron chi connectivity index (χ1n) is 10.5. The van der Waals surface area contributed by atoms with Crippen molar-refractivity contribution >= 4 is 23.5 Å². The van der Waals surface area contributed by atoms with Crippen LogP contribution >= 0.6 is 0 Å². The van der Waals surface area contributed by atoms with Gasteiger partial charge in [0, 0.05) is 44.8 Å². The molecule has 2 saturated heterocycles. The van der Waals surface area contributed by atoms with Crippen LogP contribution < -0.4 is 5.32 Å². The summed E-state index contributed by atoms with van der Waals surface area (Å²) in [5.41, 5.74) is 2.93. The Morgan fingerprint density at radius 3 is 2.31 bits per heavy atom. The van der Waals surface area contributed by atoms with Crippen LogP contribution in [-0.4, -0.2) is 72.3 Å². The first-order valence-corrected chi connectivity index (χ1v) is 10.5. The van der Waals surface area contributed by atoms with Gasteiger partial charge < -0.3 is 20.0 Å². The van der Waals surface area contributed by atoms with Crippen LogP contribution in [0.1, 0.15) is 36.8 Å². The molecule has 1 aromatic rings. The number of likely N-dealkylation sites (tertiary alicyclic amines) is 2. The number of hydrogen-bond donors (Lipinski definition) is 1. The van der Waals surface area contributed by atoms with Crippen molar-refractivity contribution in [2.45, 2.75) is 39.5 Å². The number of hydrogen-bond acceptors (Lipinski definition) is 3. The molecule has 1 aromatic carbocycles. The molecule has 29 heavy (non-hydrogen) atoms. The first kappa shape index (κ1) is 21.1. The van der Waals surface area contributed by atoms with Gasteiger partial charge in [-0.25, -0.2) is 4.79 Å². The lowest BCUT2D eigenvalue weighted by Gasteiger charge is -2.35. The van der Waals surface area contributed by atoms with Crippen molar-refractivity contribution in [3.05, 3.63) is 29.3 Å². The van der Waals surface area contributed by atoms with E-state index >= 15 is 0 Å². The Morgan fingerprint density at radius 1 is 1.03 bits per heavy atom. The lowest BCUT2D eigenvalue weighted by atomic mass is 9.95. The molecule has 7 heteroatoms. The smallest absolute Gasteiger partial charge is 0.319 e. The summed E-state index contributed by atoms with van der Waals surface area (Å²) in [4.78, 5) is 42.9. The molecule has 2 heterocycles. The Kier molecular flexibility index (Phi) is 6.77. The summed E-state index contributed by atoms with van der Waals surface area (Å²) in [6.45, 7) is 6.89. The fourth-order valence-electron chi connectivity index (χ4n) is 4.11. The van der Waals surface area contributed by atoms with Crippen molar-refractivity contribution in [1.82, 2.24) is 14.7 Å². The van der Waals surface area contributed by atoms with Crippen molar-refractivity contribution in [3.8, 4) is 0 Å². The molecule has 1 N–H and O–H groups in total. The van der Waals surface area contributed by atoms with Gasteiger partial charge in [0.25, 0.3) is 0 Å². The molecule has 4 amide bonds. The van der Waals surface area contributed by atoms with Crippen LogP contribution in [0.4, 0.5) is 10.5 Å². The van der Waals surface area contributed by atoms with Gasteiger partial charge in [0.1, 0.15) is 0 Å².